The maximum Gasteiger partial charge on any atom is 0.0713 e. The predicted molar refractivity (Wildman–Crippen MR) is 81.5 cm³/mol. The van der Waals surface area contributed by atoms with Crippen LogP contribution in [0.5, 0.6) is 0 Å². The number of hydrazine groups is 1. The number of benzene rings is 2. The maximum atomic E-state index is 6.07. The molecule has 2 rings (SSSR count). The highest BCUT2D eigenvalue weighted by Crippen LogP contribution is 2.30. The van der Waals surface area contributed by atoms with Crippen LogP contribution in [-0.4, -0.2) is 0 Å². The lowest BCUT2D eigenvalue weighted by molar-refractivity contribution is 0.633. The van der Waals surface area contributed by atoms with E-state index in [9.17, 15) is 0 Å². The van der Waals surface area contributed by atoms with Crippen LogP contribution in [0, 0.1) is 13.8 Å². The highest BCUT2D eigenvalue weighted by molar-refractivity contribution is 6.42. The molecule has 100 valence electrons. The van der Waals surface area contributed by atoms with Gasteiger partial charge in [0, 0.05) is 0 Å². The first kappa shape index (κ1) is 14.4. The van der Waals surface area contributed by atoms with Gasteiger partial charge in [0.05, 0.1) is 16.1 Å². The normalized spacial score (nSPS) is 12.5. The minimum absolute atomic E-state index is 0.102. The van der Waals surface area contributed by atoms with Crippen molar-refractivity contribution in [2.75, 3.05) is 0 Å². The molecule has 0 amide bonds. The third-order valence-electron chi connectivity index (χ3n) is 3.18. The van der Waals surface area contributed by atoms with Crippen LogP contribution in [-0.2, 0) is 0 Å². The standard InChI is InChI=1S/C15H16Cl2N2/c1-9-3-5-12(10(2)7-9)15(19-18)11-4-6-13(16)14(17)8-11/h3-8,15,19H,18H2,1-2H3. The summed E-state index contributed by atoms with van der Waals surface area (Å²) in [7, 11) is 0. The van der Waals surface area contributed by atoms with Crippen LogP contribution in [0.3, 0.4) is 0 Å². The second-order valence-corrected chi connectivity index (χ2v) is 5.45. The molecule has 0 saturated carbocycles. The number of nitrogens with one attached hydrogen (secondary N) is 1. The summed E-state index contributed by atoms with van der Waals surface area (Å²) in [6.45, 7) is 4.14. The number of halogens is 2. The largest absolute Gasteiger partial charge is 0.271 e. The van der Waals surface area contributed by atoms with Gasteiger partial charge < -0.3 is 0 Å². The molecule has 0 bridgehead atoms. The van der Waals surface area contributed by atoms with E-state index in [-0.39, 0.29) is 6.04 Å². The first-order chi connectivity index (χ1) is 9.02. The van der Waals surface area contributed by atoms with Gasteiger partial charge >= 0.3 is 0 Å². The summed E-state index contributed by atoms with van der Waals surface area (Å²) in [6.07, 6.45) is 0. The van der Waals surface area contributed by atoms with Gasteiger partial charge in [-0.3, -0.25) is 5.84 Å². The second kappa shape index (κ2) is 5.93. The van der Waals surface area contributed by atoms with Crippen molar-refractivity contribution in [3.05, 3.63) is 68.7 Å². The summed E-state index contributed by atoms with van der Waals surface area (Å²) in [5, 5.41) is 1.07. The predicted octanol–water partition coefficient (Wildman–Crippen LogP) is 4.16. The zero-order valence-electron chi connectivity index (χ0n) is 10.9. The lowest BCUT2D eigenvalue weighted by Gasteiger charge is -2.20. The van der Waals surface area contributed by atoms with Crippen molar-refractivity contribution in [1.82, 2.24) is 5.43 Å². The van der Waals surface area contributed by atoms with Crippen LogP contribution in [0.4, 0.5) is 0 Å². The third kappa shape index (κ3) is 3.10. The molecule has 0 spiro atoms. The Bertz CT molecular complexity index is 597. The van der Waals surface area contributed by atoms with Crippen LogP contribution in [0.1, 0.15) is 28.3 Å². The summed E-state index contributed by atoms with van der Waals surface area (Å²) < 4.78 is 0. The Kier molecular flexibility index (Phi) is 4.48. The van der Waals surface area contributed by atoms with E-state index >= 15 is 0 Å². The monoisotopic (exact) mass is 294 g/mol. The van der Waals surface area contributed by atoms with E-state index in [2.05, 4.69) is 37.5 Å². The molecule has 2 aromatic rings. The minimum atomic E-state index is -0.102. The summed E-state index contributed by atoms with van der Waals surface area (Å²) in [4.78, 5) is 0. The Hall–Kier alpha value is -1.06. The number of rotatable bonds is 3. The molecule has 1 atom stereocenters. The molecule has 0 aliphatic heterocycles. The van der Waals surface area contributed by atoms with Crippen molar-refractivity contribution >= 4 is 23.2 Å². The summed E-state index contributed by atoms with van der Waals surface area (Å²) in [6, 6.07) is 11.7. The van der Waals surface area contributed by atoms with Crippen LogP contribution < -0.4 is 11.3 Å². The number of aryl methyl sites for hydroxylation is 2. The zero-order valence-corrected chi connectivity index (χ0v) is 12.4. The van der Waals surface area contributed by atoms with Crippen molar-refractivity contribution in [2.24, 2.45) is 5.84 Å². The highest BCUT2D eigenvalue weighted by Gasteiger charge is 2.15. The van der Waals surface area contributed by atoms with Gasteiger partial charge in [-0.1, -0.05) is 53.0 Å². The fraction of sp³-hybridized carbons (Fsp3) is 0.200. The number of nitrogens with two attached hydrogens (primary N) is 1. The van der Waals surface area contributed by atoms with Crippen LogP contribution >= 0.6 is 23.2 Å². The molecule has 0 aromatic heterocycles. The maximum absolute atomic E-state index is 6.07. The molecule has 1 unspecified atom stereocenters. The highest BCUT2D eigenvalue weighted by atomic mass is 35.5. The van der Waals surface area contributed by atoms with Gasteiger partial charge in [-0.2, -0.15) is 0 Å². The van der Waals surface area contributed by atoms with Gasteiger partial charge in [-0.05, 0) is 42.7 Å². The third-order valence-corrected chi connectivity index (χ3v) is 3.92. The first-order valence-electron chi connectivity index (χ1n) is 6.01. The smallest absolute Gasteiger partial charge is 0.0713 e. The molecule has 2 nitrogen and oxygen atoms in total. The van der Waals surface area contributed by atoms with Crippen LogP contribution in [0.15, 0.2) is 36.4 Å². The van der Waals surface area contributed by atoms with E-state index < -0.39 is 0 Å². The van der Waals surface area contributed by atoms with Gasteiger partial charge in [0.2, 0.25) is 0 Å². The van der Waals surface area contributed by atoms with E-state index in [1.165, 1.54) is 11.1 Å². The second-order valence-electron chi connectivity index (χ2n) is 4.63. The molecule has 0 radical (unpaired) electrons. The van der Waals surface area contributed by atoms with Crippen LogP contribution in [0.25, 0.3) is 0 Å². The first-order valence-corrected chi connectivity index (χ1v) is 6.76. The van der Waals surface area contributed by atoms with Crippen LogP contribution in [0.2, 0.25) is 10.0 Å². The molecule has 0 aliphatic rings. The van der Waals surface area contributed by atoms with Gasteiger partial charge in [0.25, 0.3) is 0 Å². The average molecular weight is 295 g/mol. The van der Waals surface area contributed by atoms with E-state index in [1.54, 1.807) is 6.07 Å². The number of hydrogen-bond donors (Lipinski definition) is 2. The van der Waals surface area contributed by atoms with Crippen molar-refractivity contribution in [3.8, 4) is 0 Å². The summed E-state index contributed by atoms with van der Waals surface area (Å²) in [5.41, 5.74) is 7.38. The van der Waals surface area contributed by atoms with Crippen molar-refractivity contribution in [1.29, 1.82) is 0 Å². The quantitative estimate of drug-likeness (QED) is 0.659. The van der Waals surface area contributed by atoms with E-state index in [0.717, 1.165) is 11.1 Å². The fourth-order valence-electron chi connectivity index (χ4n) is 2.21. The fourth-order valence-corrected chi connectivity index (χ4v) is 2.51. The Balaban J connectivity index is 2.46. The Morgan fingerprint density at radius 1 is 1.00 bits per heavy atom. The van der Waals surface area contributed by atoms with E-state index in [0.29, 0.717) is 10.0 Å². The van der Waals surface area contributed by atoms with E-state index in [1.807, 2.05) is 12.1 Å². The zero-order chi connectivity index (χ0) is 14.0. The van der Waals surface area contributed by atoms with Crippen molar-refractivity contribution in [2.45, 2.75) is 19.9 Å². The molecule has 3 N–H and O–H groups in total. The average Bonchev–Trinajstić information content (AvgIpc) is 2.37. The van der Waals surface area contributed by atoms with E-state index in [4.69, 9.17) is 29.0 Å². The van der Waals surface area contributed by atoms with Gasteiger partial charge in [0.1, 0.15) is 0 Å². The Morgan fingerprint density at radius 3 is 2.32 bits per heavy atom. The molecule has 2 aromatic carbocycles. The summed E-state index contributed by atoms with van der Waals surface area (Å²) in [5.74, 6) is 5.71. The topological polar surface area (TPSA) is 38.0 Å². The molecule has 19 heavy (non-hydrogen) atoms. The molecule has 0 heterocycles. The van der Waals surface area contributed by atoms with Gasteiger partial charge in [-0.25, -0.2) is 5.43 Å². The Labute approximate surface area is 123 Å². The lowest BCUT2D eigenvalue weighted by Crippen LogP contribution is -2.29. The molecular formula is C15H16Cl2N2. The molecular weight excluding hydrogens is 279 g/mol. The van der Waals surface area contributed by atoms with Gasteiger partial charge in [0.15, 0.2) is 0 Å². The Morgan fingerprint density at radius 2 is 1.74 bits per heavy atom. The van der Waals surface area contributed by atoms with Crippen molar-refractivity contribution < 1.29 is 0 Å². The van der Waals surface area contributed by atoms with Crippen molar-refractivity contribution in [3.63, 3.8) is 0 Å². The van der Waals surface area contributed by atoms with Gasteiger partial charge in [-0.15, -0.1) is 0 Å². The lowest BCUT2D eigenvalue weighted by atomic mass is 9.94. The SMILES string of the molecule is Cc1ccc(C(NN)c2ccc(Cl)c(Cl)c2)c(C)c1. The molecule has 0 aliphatic carbocycles. The molecule has 0 fully saturated rings. The minimum Gasteiger partial charge on any atom is -0.271 e. The number of hydrogen-bond acceptors (Lipinski definition) is 2. The summed E-state index contributed by atoms with van der Waals surface area (Å²) >= 11 is 12.0. The molecule has 4 heteroatoms. The molecule has 0 saturated heterocycles.